The molecule has 0 aliphatic carbocycles. The maximum atomic E-state index is 13.5. The summed E-state index contributed by atoms with van der Waals surface area (Å²) in [4.78, 5) is 7.59. The average Bonchev–Trinajstić information content (AvgIpc) is 2.90. The van der Waals surface area contributed by atoms with Crippen molar-refractivity contribution in [3.05, 3.63) is 65.9 Å². The number of benzene rings is 2. The number of hydrogen-bond acceptors (Lipinski definition) is 1. The Labute approximate surface area is 125 Å². The van der Waals surface area contributed by atoms with Gasteiger partial charge in [-0.15, -0.1) is 0 Å². The fraction of sp³-hybridized carbons (Fsp3) is 0.0556. The van der Waals surface area contributed by atoms with E-state index in [1.807, 2.05) is 31.2 Å². The predicted octanol–water partition coefficient (Wildman–Crippen LogP) is 4.97. The Balaban J connectivity index is 1.95. The van der Waals surface area contributed by atoms with E-state index in [4.69, 9.17) is 0 Å². The van der Waals surface area contributed by atoms with Crippen LogP contribution in [0.25, 0.3) is 33.1 Å². The van der Waals surface area contributed by atoms with Gasteiger partial charge in [-0.1, -0.05) is 17.7 Å². The zero-order valence-electron chi connectivity index (χ0n) is 11.8. The molecule has 22 heavy (non-hydrogen) atoms. The summed E-state index contributed by atoms with van der Waals surface area (Å²) in [5.74, 6) is -1.72. The molecule has 2 heterocycles. The van der Waals surface area contributed by atoms with E-state index in [1.165, 1.54) is 17.7 Å². The number of pyridine rings is 1. The van der Waals surface area contributed by atoms with Gasteiger partial charge in [-0.2, -0.15) is 0 Å². The van der Waals surface area contributed by atoms with Gasteiger partial charge in [-0.05, 0) is 31.2 Å². The van der Waals surface area contributed by atoms with Crippen LogP contribution >= 0.6 is 0 Å². The first-order valence-corrected chi connectivity index (χ1v) is 6.96. The van der Waals surface area contributed by atoms with E-state index in [-0.39, 0.29) is 0 Å². The first kappa shape index (κ1) is 13.0. The monoisotopic (exact) mass is 294 g/mol. The quantitative estimate of drug-likeness (QED) is 0.527. The van der Waals surface area contributed by atoms with Gasteiger partial charge in [0.2, 0.25) is 0 Å². The fourth-order valence-corrected chi connectivity index (χ4v) is 2.72. The molecule has 108 valence electrons. The van der Waals surface area contributed by atoms with Crippen LogP contribution in [-0.2, 0) is 0 Å². The lowest BCUT2D eigenvalue weighted by Crippen LogP contribution is -1.86. The van der Waals surface area contributed by atoms with Crippen molar-refractivity contribution in [2.75, 3.05) is 0 Å². The first-order chi connectivity index (χ1) is 10.6. The molecule has 0 saturated heterocycles. The zero-order chi connectivity index (χ0) is 15.3. The van der Waals surface area contributed by atoms with Gasteiger partial charge < -0.3 is 4.98 Å². The van der Waals surface area contributed by atoms with Crippen LogP contribution in [0.5, 0.6) is 0 Å². The van der Waals surface area contributed by atoms with Crippen molar-refractivity contribution in [1.29, 1.82) is 0 Å². The second-order valence-electron chi connectivity index (χ2n) is 5.41. The van der Waals surface area contributed by atoms with Crippen LogP contribution in [-0.4, -0.2) is 9.97 Å². The number of fused-ring (bicyclic) bond motifs is 2. The Morgan fingerprint density at radius 2 is 1.77 bits per heavy atom. The number of nitrogens with zero attached hydrogens (tertiary/aromatic N) is 1. The largest absolute Gasteiger partial charge is 0.360 e. The lowest BCUT2D eigenvalue weighted by molar-refractivity contribution is 0.511. The molecule has 0 unspecified atom stereocenters. The van der Waals surface area contributed by atoms with E-state index in [0.717, 1.165) is 22.2 Å². The van der Waals surface area contributed by atoms with E-state index >= 15 is 0 Å². The second kappa shape index (κ2) is 4.63. The van der Waals surface area contributed by atoms with Crippen LogP contribution in [0.3, 0.4) is 0 Å². The van der Waals surface area contributed by atoms with Crippen molar-refractivity contribution in [3.63, 3.8) is 0 Å². The van der Waals surface area contributed by atoms with Gasteiger partial charge in [0.1, 0.15) is 0 Å². The van der Waals surface area contributed by atoms with Crippen LogP contribution in [0.4, 0.5) is 8.78 Å². The third-order valence-electron chi connectivity index (χ3n) is 3.84. The number of hydrogen-bond donors (Lipinski definition) is 1. The minimum Gasteiger partial charge on any atom is -0.360 e. The standard InChI is InChI=1S/C18H12F2N2/c1-10-2-4-16-11(6-10)3-5-17(22-16)13-9-21-18-8-15(20)14(19)7-12(13)18/h2-9,21H,1H3. The lowest BCUT2D eigenvalue weighted by Gasteiger charge is -2.03. The third kappa shape index (κ3) is 1.96. The minimum absolute atomic E-state index is 0.555. The maximum absolute atomic E-state index is 13.5. The number of H-pyrrole nitrogens is 1. The van der Waals surface area contributed by atoms with E-state index in [1.54, 1.807) is 6.20 Å². The molecule has 0 fully saturated rings. The SMILES string of the molecule is Cc1ccc2nc(-c3c[nH]c4cc(F)c(F)cc34)ccc2c1. The summed E-state index contributed by atoms with van der Waals surface area (Å²) in [6, 6.07) is 12.3. The molecule has 0 spiro atoms. The van der Waals surface area contributed by atoms with Crippen LogP contribution in [0.1, 0.15) is 5.56 Å². The van der Waals surface area contributed by atoms with Crippen molar-refractivity contribution >= 4 is 21.8 Å². The highest BCUT2D eigenvalue weighted by atomic mass is 19.2. The molecule has 0 atom stereocenters. The number of halogens is 2. The van der Waals surface area contributed by atoms with Gasteiger partial charge in [0.25, 0.3) is 0 Å². The zero-order valence-corrected chi connectivity index (χ0v) is 11.8. The summed E-state index contributed by atoms with van der Waals surface area (Å²) < 4.78 is 26.8. The second-order valence-corrected chi connectivity index (χ2v) is 5.41. The molecule has 4 rings (SSSR count). The molecule has 2 aromatic heterocycles. The van der Waals surface area contributed by atoms with E-state index in [0.29, 0.717) is 10.9 Å². The molecule has 1 N–H and O–H groups in total. The van der Waals surface area contributed by atoms with Crippen molar-refractivity contribution in [2.24, 2.45) is 0 Å². The molecule has 0 aliphatic rings. The molecule has 2 nitrogen and oxygen atoms in total. The van der Waals surface area contributed by atoms with Gasteiger partial charge in [0.05, 0.1) is 11.2 Å². The van der Waals surface area contributed by atoms with E-state index in [9.17, 15) is 8.78 Å². The highest BCUT2D eigenvalue weighted by Crippen LogP contribution is 2.30. The molecule has 0 aliphatic heterocycles. The summed E-state index contributed by atoms with van der Waals surface area (Å²) in [5, 5.41) is 1.68. The van der Waals surface area contributed by atoms with Crippen LogP contribution in [0.15, 0.2) is 48.7 Å². The molecule has 0 amide bonds. The number of aromatic amines is 1. The molecule has 4 aromatic rings. The molecule has 0 radical (unpaired) electrons. The Bertz CT molecular complexity index is 1020. The summed E-state index contributed by atoms with van der Waals surface area (Å²) in [7, 11) is 0. The Morgan fingerprint density at radius 3 is 2.64 bits per heavy atom. The van der Waals surface area contributed by atoms with Gasteiger partial charge in [-0.25, -0.2) is 13.8 Å². The maximum Gasteiger partial charge on any atom is 0.160 e. The summed E-state index contributed by atoms with van der Waals surface area (Å²) in [6.07, 6.45) is 1.73. The smallest absolute Gasteiger partial charge is 0.160 e. The Morgan fingerprint density at radius 1 is 0.955 bits per heavy atom. The van der Waals surface area contributed by atoms with Crippen LogP contribution < -0.4 is 0 Å². The van der Waals surface area contributed by atoms with Crippen LogP contribution in [0, 0.1) is 18.6 Å². The first-order valence-electron chi connectivity index (χ1n) is 6.96. The number of nitrogens with one attached hydrogen (secondary N) is 1. The minimum atomic E-state index is -0.858. The van der Waals surface area contributed by atoms with E-state index in [2.05, 4.69) is 16.0 Å². The third-order valence-corrected chi connectivity index (χ3v) is 3.84. The van der Waals surface area contributed by atoms with Gasteiger partial charge in [0.15, 0.2) is 11.6 Å². The molecule has 0 saturated carbocycles. The summed E-state index contributed by atoms with van der Waals surface area (Å²) in [5.41, 5.74) is 4.09. The molecule has 4 heteroatoms. The number of aromatic nitrogens is 2. The molecule has 2 aromatic carbocycles. The Hall–Kier alpha value is -2.75. The highest BCUT2D eigenvalue weighted by Gasteiger charge is 2.12. The average molecular weight is 294 g/mol. The van der Waals surface area contributed by atoms with E-state index < -0.39 is 11.6 Å². The summed E-state index contributed by atoms with van der Waals surface area (Å²) in [6.45, 7) is 2.03. The van der Waals surface area contributed by atoms with Crippen molar-refractivity contribution in [2.45, 2.75) is 6.92 Å². The summed E-state index contributed by atoms with van der Waals surface area (Å²) >= 11 is 0. The van der Waals surface area contributed by atoms with Crippen molar-refractivity contribution < 1.29 is 8.78 Å². The predicted molar refractivity (Wildman–Crippen MR) is 83.7 cm³/mol. The number of rotatable bonds is 1. The molecular weight excluding hydrogens is 282 g/mol. The number of aryl methyl sites for hydroxylation is 1. The molecule has 0 bridgehead atoms. The Kier molecular flexibility index (Phi) is 2.73. The van der Waals surface area contributed by atoms with Gasteiger partial charge >= 0.3 is 0 Å². The van der Waals surface area contributed by atoms with Crippen molar-refractivity contribution in [1.82, 2.24) is 9.97 Å². The fourth-order valence-electron chi connectivity index (χ4n) is 2.72. The topological polar surface area (TPSA) is 28.7 Å². The highest BCUT2D eigenvalue weighted by molar-refractivity contribution is 5.96. The lowest BCUT2D eigenvalue weighted by atomic mass is 10.1. The van der Waals surface area contributed by atoms with Crippen molar-refractivity contribution in [3.8, 4) is 11.3 Å². The van der Waals surface area contributed by atoms with Crippen LogP contribution in [0.2, 0.25) is 0 Å². The van der Waals surface area contributed by atoms with Gasteiger partial charge in [-0.3, -0.25) is 0 Å². The van der Waals surface area contributed by atoms with Gasteiger partial charge in [0, 0.05) is 34.1 Å². The normalized spacial score (nSPS) is 11.4. The molecular formula is C18H12F2N2.